The summed E-state index contributed by atoms with van der Waals surface area (Å²) in [5, 5.41) is 0. The summed E-state index contributed by atoms with van der Waals surface area (Å²) in [5.74, 6) is 0.374. The van der Waals surface area contributed by atoms with Crippen LogP contribution in [0.1, 0.15) is 23.7 Å². The van der Waals surface area contributed by atoms with Crippen molar-refractivity contribution in [2.24, 2.45) is 0 Å². The Morgan fingerprint density at radius 3 is 2.56 bits per heavy atom. The number of halogens is 1. The third kappa shape index (κ3) is 4.08. The van der Waals surface area contributed by atoms with E-state index in [9.17, 15) is 13.2 Å². The first kappa shape index (κ1) is 18.0. The fourth-order valence-corrected chi connectivity index (χ4v) is 4.35. The minimum absolute atomic E-state index is 0.0967. The highest BCUT2D eigenvalue weighted by Gasteiger charge is 2.33. The summed E-state index contributed by atoms with van der Waals surface area (Å²) >= 11 is 3.31. The van der Waals surface area contributed by atoms with E-state index in [4.69, 9.17) is 4.74 Å². The van der Waals surface area contributed by atoms with Gasteiger partial charge in [-0.05, 0) is 47.5 Å². The number of sulfonamides is 1. The fourth-order valence-electron chi connectivity index (χ4n) is 2.63. The lowest BCUT2D eigenvalue weighted by atomic mass is 10.2. The van der Waals surface area contributed by atoms with Gasteiger partial charge in [-0.2, -0.15) is 4.31 Å². The minimum Gasteiger partial charge on any atom is -0.473 e. The van der Waals surface area contributed by atoms with E-state index in [1.54, 1.807) is 12.3 Å². The van der Waals surface area contributed by atoms with Crippen LogP contribution >= 0.6 is 15.9 Å². The predicted molar refractivity (Wildman–Crippen MR) is 96.2 cm³/mol. The second-order valence-corrected chi connectivity index (χ2v) is 8.64. The van der Waals surface area contributed by atoms with Gasteiger partial charge in [-0.1, -0.05) is 12.1 Å². The summed E-state index contributed by atoms with van der Waals surface area (Å²) in [4.78, 5) is 15.6. The summed E-state index contributed by atoms with van der Waals surface area (Å²) < 4.78 is 33.5. The van der Waals surface area contributed by atoms with Gasteiger partial charge >= 0.3 is 0 Å². The van der Waals surface area contributed by atoms with Crippen molar-refractivity contribution in [1.82, 2.24) is 9.29 Å². The molecule has 6 nitrogen and oxygen atoms in total. The van der Waals surface area contributed by atoms with Gasteiger partial charge in [0.1, 0.15) is 6.10 Å². The SMILES string of the molecule is CC(=O)c1ccc(S(=O)(=O)N2CCC(Oc3ccc(Br)cn3)C2)cc1. The molecule has 0 bridgehead atoms. The van der Waals surface area contributed by atoms with E-state index in [0.29, 0.717) is 24.4 Å². The van der Waals surface area contributed by atoms with Crippen LogP contribution in [0.4, 0.5) is 0 Å². The molecule has 132 valence electrons. The smallest absolute Gasteiger partial charge is 0.243 e. The molecule has 1 atom stereocenters. The third-order valence-corrected chi connectivity index (χ3v) is 6.34. The number of aromatic nitrogens is 1. The zero-order valence-electron chi connectivity index (χ0n) is 13.6. The van der Waals surface area contributed by atoms with Gasteiger partial charge < -0.3 is 4.74 Å². The minimum atomic E-state index is -3.60. The Kier molecular flexibility index (Phi) is 5.21. The molecule has 0 amide bonds. The van der Waals surface area contributed by atoms with Crippen LogP contribution in [0.3, 0.4) is 0 Å². The molecule has 1 aliphatic rings. The number of rotatable bonds is 5. The highest BCUT2D eigenvalue weighted by atomic mass is 79.9. The van der Waals surface area contributed by atoms with Crippen LogP contribution in [0, 0.1) is 0 Å². The number of pyridine rings is 1. The number of Topliss-reactive ketones (excluding diaryl/α,β-unsaturated/α-hetero) is 1. The number of ketones is 1. The van der Waals surface area contributed by atoms with Gasteiger partial charge in [0.2, 0.25) is 15.9 Å². The van der Waals surface area contributed by atoms with Crippen molar-refractivity contribution in [2.45, 2.75) is 24.3 Å². The number of carbonyl (C=O) groups is 1. The molecule has 0 N–H and O–H groups in total. The Hall–Kier alpha value is -1.77. The quantitative estimate of drug-likeness (QED) is 0.689. The fraction of sp³-hybridized carbons (Fsp3) is 0.294. The van der Waals surface area contributed by atoms with Crippen LogP contribution in [-0.2, 0) is 10.0 Å². The van der Waals surface area contributed by atoms with E-state index in [2.05, 4.69) is 20.9 Å². The van der Waals surface area contributed by atoms with Crippen molar-refractivity contribution >= 4 is 31.7 Å². The third-order valence-electron chi connectivity index (χ3n) is 3.99. The Bertz CT molecular complexity index is 867. The molecule has 8 heteroatoms. The van der Waals surface area contributed by atoms with Gasteiger partial charge in [-0.25, -0.2) is 13.4 Å². The molecule has 1 aliphatic heterocycles. The van der Waals surface area contributed by atoms with E-state index in [-0.39, 0.29) is 23.3 Å². The topological polar surface area (TPSA) is 76.6 Å². The van der Waals surface area contributed by atoms with E-state index >= 15 is 0 Å². The summed E-state index contributed by atoms with van der Waals surface area (Å²) in [7, 11) is -3.60. The van der Waals surface area contributed by atoms with Crippen molar-refractivity contribution < 1.29 is 17.9 Å². The lowest BCUT2D eigenvalue weighted by molar-refractivity contribution is 0.101. The van der Waals surface area contributed by atoms with Crippen molar-refractivity contribution in [1.29, 1.82) is 0 Å². The lowest BCUT2D eigenvalue weighted by Crippen LogP contribution is -2.31. The molecule has 1 fully saturated rings. The Balaban J connectivity index is 1.69. The number of carbonyl (C=O) groups excluding carboxylic acids is 1. The van der Waals surface area contributed by atoms with Gasteiger partial charge in [-0.15, -0.1) is 0 Å². The molecule has 0 saturated carbocycles. The maximum atomic E-state index is 12.7. The molecule has 1 saturated heterocycles. The Morgan fingerprint density at radius 2 is 1.96 bits per heavy atom. The lowest BCUT2D eigenvalue weighted by Gasteiger charge is -2.17. The molecule has 3 rings (SSSR count). The second kappa shape index (κ2) is 7.23. The molecule has 25 heavy (non-hydrogen) atoms. The van der Waals surface area contributed by atoms with Gasteiger partial charge in [0.05, 0.1) is 11.4 Å². The van der Waals surface area contributed by atoms with E-state index in [1.807, 2.05) is 6.07 Å². The first-order chi connectivity index (χ1) is 11.9. The van der Waals surface area contributed by atoms with Crippen LogP contribution in [0.25, 0.3) is 0 Å². The van der Waals surface area contributed by atoms with Crippen molar-refractivity contribution in [3.8, 4) is 5.88 Å². The molecule has 1 aromatic heterocycles. The maximum Gasteiger partial charge on any atom is 0.243 e. The second-order valence-electron chi connectivity index (χ2n) is 5.79. The van der Waals surface area contributed by atoms with Crippen molar-refractivity contribution in [3.63, 3.8) is 0 Å². The molecule has 0 aliphatic carbocycles. The van der Waals surface area contributed by atoms with Crippen LogP contribution in [-0.4, -0.2) is 42.7 Å². The van der Waals surface area contributed by atoms with Crippen LogP contribution in [0.15, 0.2) is 52.0 Å². The van der Waals surface area contributed by atoms with E-state index in [0.717, 1.165) is 4.47 Å². The number of hydrogen-bond acceptors (Lipinski definition) is 5. The predicted octanol–water partition coefficient (Wildman–Crippen LogP) is 2.89. The van der Waals surface area contributed by atoms with Crippen LogP contribution in [0.2, 0.25) is 0 Å². The van der Waals surface area contributed by atoms with Crippen molar-refractivity contribution in [2.75, 3.05) is 13.1 Å². The molecule has 0 radical (unpaired) electrons. The summed E-state index contributed by atoms with van der Waals surface area (Å²) in [6.45, 7) is 2.11. The number of nitrogens with zero attached hydrogens (tertiary/aromatic N) is 2. The van der Waals surface area contributed by atoms with Crippen LogP contribution < -0.4 is 4.74 Å². The average molecular weight is 425 g/mol. The molecule has 0 spiro atoms. The zero-order valence-corrected chi connectivity index (χ0v) is 16.0. The average Bonchev–Trinajstić information content (AvgIpc) is 3.06. The summed E-state index contributed by atoms with van der Waals surface area (Å²) in [5.41, 5.74) is 0.489. The number of ether oxygens (including phenoxy) is 1. The summed E-state index contributed by atoms with van der Waals surface area (Å²) in [6.07, 6.45) is 2.00. The highest BCUT2D eigenvalue weighted by molar-refractivity contribution is 9.10. The highest BCUT2D eigenvalue weighted by Crippen LogP contribution is 2.24. The molecule has 1 unspecified atom stereocenters. The molecular weight excluding hydrogens is 408 g/mol. The van der Waals surface area contributed by atoms with E-state index in [1.165, 1.54) is 35.5 Å². The largest absolute Gasteiger partial charge is 0.473 e. The molecule has 2 aromatic rings. The normalized spacial score (nSPS) is 18.2. The van der Waals surface area contributed by atoms with Gasteiger partial charge in [0.15, 0.2) is 5.78 Å². The number of hydrogen-bond donors (Lipinski definition) is 0. The van der Waals surface area contributed by atoms with Gasteiger partial charge in [-0.3, -0.25) is 4.79 Å². The first-order valence-corrected chi connectivity index (χ1v) is 9.99. The molecule has 2 heterocycles. The number of benzene rings is 1. The Morgan fingerprint density at radius 1 is 1.24 bits per heavy atom. The van der Waals surface area contributed by atoms with Crippen molar-refractivity contribution in [3.05, 3.63) is 52.6 Å². The molecule has 1 aromatic carbocycles. The summed E-state index contributed by atoms with van der Waals surface area (Å²) in [6, 6.07) is 9.56. The van der Waals surface area contributed by atoms with E-state index < -0.39 is 10.0 Å². The van der Waals surface area contributed by atoms with Crippen LogP contribution in [0.5, 0.6) is 5.88 Å². The standard InChI is InChI=1S/C17H17BrN2O4S/c1-12(21)13-2-5-16(6-3-13)25(22,23)20-9-8-15(11-20)24-17-7-4-14(18)10-19-17/h2-7,10,15H,8-9,11H2,1H3. The monoisotopic (exact) mass is 424 g/mol. The molecular formula is C17H17BrN2O4S. The first-order valence-electron chi connectivity index (χ1n) is 7.75. The van der Waals surface area contributed by atoms with Gasteiger partial charge in [0.25, 0.3) is 0 Å². The zero-order chi connectivity index (χ0) is 18.0. The maximum absolute atomic E-state index is 12.7. The Labute approximate surface area is 155 Å². The van der Waals surface area contributed by atoms with Gasteiger partial charge in [0, 0.05) is 28.8 Å².